The van der Waals surface area contributed by atoms with Crippen LogP contribution < -0.4 is 33.6 Å². The topological polar surface area (TPSA) is 202 Å². The molecule has 9 aromatic rings. The number of benzene rings is 9. The Kier molecular flexibility index (Phi) is 22.6. The molecule has 1 fully saturated rings. The quantitative estimate of drug-likeness (QED) is 0.0417. The zero-order chi connectivity index (χ0) is 56.1. The molecule has 9 aromatic carbocycles. The molecule has 0 atom stereocenters. The second kappa shape index (κ2) is 29.4. The minimum absolute atomic E-state index is 0.293. The number of nitrogens with two attached hydrogens (primary N) is 3. The van der Waals surface area contributed by atoms with E-state index < -0.39 is 14.2 Å². The highest BCUT2D eigenvalue weighted by molar-refractivity contribution is 9.10. The number of rotatable bonds is 9. The highest BCUT2D eigenvalue weighted by atomic mass is 79.9. The standard InChI is InChI=1S/C19H16BNO2.C19H14BrN.C12H18BNO2.C6H8BNO2.C6H6BrN/c22-20(23)17-11-13-18(14-12-17)21-19(15-7-3-1-4-8-15)16-9-5-2-6-10-16;20-17-11-13-18(14-12-17)21-19(15-7-3-1-4-8-15)16-9-5-2-6-10-16;1-11(2)12(3,4)16-13(15-11)9-5-7-10(14)8-6-9;8-6-3-1-5(2-4-6)7(9)10;7-5-1-3-6(8)4-2-5/h1-14,22-23H;1-14H;5-8H,14H2,1-4H3;1-4,9-10H,8H2;1-4H,8H2. The van der Waals surface area contributed by atoms with E-state index in [0.29, 0.717) is 16.6 Å². The number of hydrogen-bond acceptors (Lipinski definition) is 11. The molecule has 1 saturated heterocycles. The Labute approximate surface area is 475 Å². The van der Waals surface area contributed by atoms with E-state index in [9.17, 15) is 10.0 Å². The normalized spacial score (nSPS) is 12.5. The van der Waals surface area contributed by atoms with Crippen molar-refractivity contribution in [2.75, 3.05) is 17.2 Å². The first-order valence-corrected chi connectivity index (χ1v) is 26.5. The van der Waals surface area contributed by atoms with E-state index in [1.54, 1.807) is 48.5 Å². The van der Waals surface area contributed by atoms with E-state index in [4.69, 9.17) is 46.5 Å². The van der Waals surface area contributed by atoms with Crippen LogP contribution in [0.1, 0.15) is 49.9 Å². The average Bonchev–Trinajstić information content (AvgIpc) is 3.71. The van der Waals surface area contributed by atoms with Crippen LogP contribution in [0.5, 0.6) is 0 Å². The molecule has 0 bridgehead atoms. The summed E-state index contributed by atoms with van der Waals surface area (Å²) in [6, 6.07) is 77.0. The van der Waals surface area contributed by atoms with Gasteiger partial charge in [0.2, 0.25) is 0 Å². The van der Waals surface area contributed by atoms with E-state index in [1.165, 1.54) is 0 Å². The second-order valence-electron chi connectivity index (χ2n) is 18.7. The molecule has 0 spiro atoms. The number of nitrogen functional groups attached to an aromatic ring is 3. The molecule has 0 unspecified atom stereocenters. The Bertz CT molecular complexity index is 3140. The predicted molar refractivity (Wildman–Crippen MR) is 333 cm³/mol. The number of nitrogens with zero attached hydrogens (tertiary/aromatic N) is 2. The molecule has 10 N–H and O–H groups in total. The van der Waals surface area contributed by atoms with E-state index in [2.05, 4.69) is 56.1 Å². The van der Waals surface area contributed by atoms with Crippen LogP contribution in [0.25, 0.3) is 0 Å². The highest BCUT2D eigenvalue weighted by Gasteiger charge is 2.51. The van der Waals surface area contributed by atoms with Crippen LogP contribution >= 0.6 is 31.9 Å². The van der Waals surface area contributed by atoms with E-state index in [1.807, 2.05) is 198 Å². The van der Waals surface area contributed by atoms with E-state index >= 15 is 0 Å². The lowest BCUT2D eigenvalue weighted by atomic mass is 9.79. The van der Waals surface area contributed by atoms with Crippen LogP contribution in [0.4, 0.5) is 28.4 Å². The van der Waals surface area contributed by atoms with E-state index in [0.717, 1.165) is 70.8 Å². The van der Waals surface area contributed by atoms with Gasteiger partial charge in [-0.3, -0.25) is 0 Å². The van der Waals surface area contributed by atoms with Crippen molar-refractivity contribution < 1.29 is 29.4 Å². The summed E-state index contributed by atoms with van der Waals surface area (Å²) >= 11 is 6.74. The number of hydrogen-bond donors (Lipinski definition) is 7. The third kappa shape index (κ3) is 18.7. The van der Waals surface area contributed by atoms with Gasteiger partial charge < -0.3 is 46.6 Å². The lowest BCUT2D eigenvalue weighted by Crippen LogP contribution is -2.41. The minimum Gasteiger partial charge on any atom is -0.423 e. The summed E-state index contributed by atoms with van der Waals surface area (Å²) in [5, 5.41) is 35.6. The molecule has 1 aliphatic rings. The molecule has 16 heteroatoms. The Hall–Kier alpha value is -7.37. The summed E-state index contributed by atoms with van der Waals surface area (Å²) in [5.41, 5.74) is 27.8. The van der Waals surface area contributed by atoms with Crippen LogP contribution in [-0.2, 0) is 9.31 Å². The summed E-state index contributed by atoms with van der Waals surface area (Å²) in [4.78, 5) is 9.59. The maximum Gasteiger partial charge on any atom is 0.494 e. The molecule has 0 aliphatic carbocycles. The molecular weight excluding hydrogens is 1100 g/mol. The molecule has 1 heterocycles. The van der Waals surface area contributed by atoms with Crippen molar-refractivity contribution in [1.82, 2.24) is 0 Å². The summed E-state index contributed by atoms with van der Waals surface area (Å²) in [5.74, 6) is 0. The van der Waals surface area contributed by atoms with Crippen LogP contribution in [0.15, 0.2) is 262 Å². The van der Waals surface area contributed by atoms with Gasteiger partial charge in [0.15, 0.2) is 0 Å². The van der Waals surface area contributed by atoms with Crippen molar-refractivity contribution in [2.24, 2.45) is 9.98 Å². The number of anilines is 3. The van der Waals surface area contributed by atoms with Gasteiger partial charge in [0.05, 0.1) is 34.0 Å². The number of halogens is 2. The van der Waals surface area contributed by atoms with Crippen molar-refractivity contribution in [3.05, 3.63) is 274 Å². The third-order valence-corrected chi connectivity index (χ3v) is 13.3. The fourth-order valence-electron chi connectivity index (χ4n) is 7.23. The van der Waals surface area contributed by atoms with Gasteiger partial charge in [-0.25, -0.2) is 9.98 Å². The van der Waals surface area contributed by atoms with Crippen molar-refractivity contribution in [1.29, 1.82) is 0 Å². The van der Waals surface area contributed by atoms with Gasteiger partial charge in [-0.1, -0.05) is 190 Å². The predicted octanol–water partition coefficient (Wildman–Crippen LogP) is 10.7. The number of aliphatic imine (C=N–C) groups is 2. The fraction of sp³-hybridized carbons (Fsp3) is 0.0968. The van der Waals surface area contributed by atoms with Crippen molar-refractivity contribution in [2.45, 2.75) is 38.9 Å². The van der Waals surface area contributed by atoms with Crippen LogP contribution in [-0.4, -0.2) is 64.1 Å². The van der Waals surface area contributed by atoms with E-state index in [-0.39, 0.29) is 18.3 Å². The van der Waals surface area contributed by atoms with Gasteiger partial charge in [-0.05, 0) is 129 Å². The van der Waals surface area contributed by atoms with Gasteiger partial charge in [0.25, 0.3) is 0 Å². The van der Waals surface area contributed by atoms with Crippen molar-refractivity contribution in [3.63, 3.8) is 0 Å². The smallest absolute Gasteiger partial charge is 0.423 e. The molecule has 1 aliphatic heterocycles. The van der Waals surface area contributed by atoms with Gasteiger partial charge in [-0.15, -0.1) is 0 Å². The highest BCUT2D eigenvalue weighted by Crippen LogP contribution is 2.36. The summed E-state index contributed by atoms with van der Waals surface area (Å²) in [6.07, 6.45) is 0. The lowest BCUT2D eigenvalue weighted by Gasteiger charge is -2.32. The first-order valence-electron chi connectivity index (χ1n) is 24.9. The molecule has 394 valence electrons. The van der Waals surface area contributed by atoms with Gasteiger partial charge >= 0.3 is 21.4 Å². The maximum absolute atomic E-state index is 9.17. The first kappa shape index (κ1) is 59.9. The third-order valence-electron chi connectivity index (χ3n) is 12.3. The summed E-state index contributed by atoms with van der Waals surface area (Å²) in [6.45, 7) is 8.18. The van der Waals surface area contributed by atoms with Gasteiger partial charge in [0.1, 0.15) is 0 Å². The molecule has 0 aromatic heterocycles. The Balaban J connectivity index is 0.000000165. The van der Waals surface area contributed by atoms with Crippen LogP contribution in [0.2, 0.25) is 0 Å². The fourth-order valence-corrected chi connectivity index (χ4v) is 7.76. The second-order valence-corrected chi connectivity index (χ2v) is 20.5. The Morgan fingerprint density at radius 3 is 0.936 bits per heavy atom. The Morgan fingerprint density at radius 1 is 0.385 bits per heavy atom. The largest absolute Gasteiger partial charge is 0.494 e. The minimum atomic E-state index is -1.46. The maximum atomic E-state index is 9.17. The van der Waals surface area contributed by atoms with Gasteiger partial charge in [0, 0.05) is 48.3 Å². The molecule has 0 amide bonds. The molecule has 78 heavy (non-hydrogen) atoms. The summed E-state index contributed by atoms with van der Waals surface area (Å²) < 4.78 is 14.0. The molecular formula is C62H62B3Br2N5O6. The first-order chi connectivity index (χ1) is 37.4. The molecule has 0 radical (unpaired) electrons. The lowest BCUT2D eigenvalue weighted by molar-refractivity contribution is 0.00578. The Morgan fingerprint density at radius 2 is 0.641 bits per heavy atom. The monoisotopic (exact) mass is 1160 g/mol. The molecule has 10 rings (SSSR count). The molecule has 11 nitrogen and oxygen atoms in total. The zero-order valence-corrected chi connectivity index (χ0v) is 47.0. The zero-order valence-electron chi connectivity index (χ0n) is 43.8. The van der Waals surface area contributed by atoms with Gasteiger partial charge in [-0.2, -0.15) is 0 Å². The van der Waals surface area contributed by atoms with Crippen molar-refractivity contribution >= 4 is 109 Å². The summed E-state index contributed by atoms with van der Waals surface area (Å²) in [7, 11) is -3.16. The molecule has 0 saturated carbocycles. The van der Waals surface area contributed by atoms with Crippen LogP contribution in [0, 0.1) is 0 Å². The van der Waals surface area contributed by atoms with Crippen molar-refractivity contribution in [3.8, 4) is 0 Å². The SMILES string of the molecule is Brc1ccc(N=C(c2ccccc2)c2ccccc2)cc1.CC1(C)OB(c2ccc(N)cc2)OC1(C)C.Nc1ccc(B(O)O)cc1.Nc1ccc(Br)cc1.OB(O)c1ccc(N=C(c2ccccc2)c2ccccc2)cc1. The average molecular weight is 1170 g/mol. The van der Waals surface area contributed by atoms with Crippen LogP contribution in [0.3, 0.4) is 0 Å².